The fourth-order valence-corrected chi connectivity index (χ4v) is 3.30. The summed E-state index contributed by atoms with van der Waals surface area (Å²) in [6, 6.07) is 13.3. The van der Waals surface area contributed by atoms with Crippen LogP contribution in [0.4, 0.5) is 10.1 Å². The SMILES string of the molecule is CC(NC(=O)CC1CCCO1)c1cccc(NC(=O)Cc2ccccc2F)c1. The number of carbonyl (C=O) groups excluding carboxylic acids is 2. The summed E-state index contributed by atoms with van der Waals surface area (Å²) in [5, 5.41) is 5.76. The maximum Gasteiger partial charge on any atom is 0.228 e. The van der Waals surface area contributed by atoms with Crippen LogP contribution in [-0.2, 0) is 20.7 Å². The first-order valence-corrected chi connectivity index (χ1v) is 9.55. The smallest absolute Gasteiger partial charge is 0.228 e. The Hall–Kier alpha value is -2.73. The first kappa shape index (κ1) is 20.0. The van der Waals surface area contributed by atoms with Gasteiger partial charge in [0.1, 0.15) is 5.82 Å². The number of nitrogens with one attached hydrogen (secondary N) is 2. The minimum absolute atomic E-state index is 0.0104. The van der Waals surface area contributed by atoms with Gasteiger partial charge >= 0.3 is 0 Å². The second kappa shape index (κ2) is 9.46. The Labute approximate surface area is 164 Å². The van der Waals surface area contributed by atoms with Crippen LogP contribution in [0.2, 0.25) is 0 Å². The minimum Gasteiger partial charge on any atom is -0.378 e. The summed E-state index contributed by atoms with van der Waals surface area (Å²) >= 11 is 0. The maximum atomic E-state index is 13.7. The molecular formula is C22H25FN2O3. The molecule has 0 radical (unpaired) electrons. The largest absolute Gasteiger partial charge is 0.378 e. The van der Waals surface area contributed by atoms with Crippen LogP contribution in [0.25, 0.3) is 0 Å². The van der Waals surface area contributed by atoms with Gasteiger partial charge in [-0.2, -0.15) is 0 Å². The van der Waals surface area contributed by atoms with Gasteiger partial charge in [-0.15, -0.1) is 0 Å². The molecule has 28 heavy (non-hydrogen) atoms. The summed E-state index contributed by atoms with van der Waals surface area (Å²) in [7, 11) is 0. The van der Waals surface area contributed by atoms with E-state index >= 15 is 0 Å². The molecule has 148 valence electrons. The van der Waals surface area contributed by atoms with Crippen molar-refractivity contribution in [1.82, 2.24) is 5.32 Å². The van der Waals surface area contributed by atoms with Crippen LogP contribution in [-0.4, -0.2) is 24.5 Å². The molecule has 2 aromatic rings. The number of halogens is 1. The Morgan fingerprint density at radius 3 is 2.75 bits per heavy atom. The van der Waals surface area contributed by atoms with Crippen molar-refractivity contribution >= 4 is 17.5 Å². The first-order valence-electron chi connectivity index (χ1n) is 9.55. The van der Waals surface area contributed by atoms with Crippen LogP contribution in [0, 0.1) is 5.82 Å². The second-order valence-corrected chi connectivity index (χ2v) is 7.07. The number of amides is 2. The topological polar surface area (TPSA) is 67.4 Å². The van der Waals surface area contributed by atoms with Gasteiger partial charge in [-0.3, -0.25) is 9.59 Å². The molecule has 5 nitrogen and oxygen atoms in total. The molecule has 2 aromatic carbocycles. The zero-order valence-corrected chi connectivity index (χ0v) is 15.9. The molecule has 1 fully saturated rings. The van der Waals surface area contributed by atoms with E-state index < -0.39 is 5.82 Å². The highest BCUT2D eigenvalue weighted by atomic mass is 19.1. The summed E-state index contributed by atoms with van der Waals surface area (Å²) in [4.78, 5) is 24.4. The lowest BCUT2D eigenvalue weighted by Crippen LogP contribution is -2.29. The van der Waals surface area contributed by atoms with E-state index in [4.69, 9.17) is 4.74 Å². The third-order valence-corrected chi connectivity index (χ3v) is 4.79. The molecule has 2 N–H and O–H groups in total. The van der Waals surface area contributed by atoms with E-state index in [1.54, 1.807) is 24.3 Å². The minimum atomic E-state index is -0.394. The molecule has 1 heterocycles. The predicted octanol–water partition coefficient (Wildman–Crippen LogP) is 3.75. The highest BCUT2D eigenvalue weighted by molar-refractivity contribution is 5.92. The first-order chi connectivity index (χ1) is 13.5. The second-order valence-electron chi connectivity index (χ2n) is 7.07. The Morgan fingerprint density at radius 1 is 1.18 bits per heavy atom. The Balaban J connectivity index is 1.56. The van der Waals surface area contributed by atoms with E-state index in [0.29, 0.717) is 17.7 Å². The number of anilines is 1. The number of hydrogen-bond acceptors (Lipinski definition) is 3. The molecule has 0 bridgehead atoms. The highest BCUT2D eigenvalue weighted by Gasteiger charge is 2.20. The molecule has 2 amide bonds. The molecule has 0 aliphatic carbocycles. The highest BCUT2D eigenvalue weighted by Crippen LogP contribution is 2.20. The van der Waals surface area contributed by atoms with E-state index in [0.717, 1.165) is 25.0 Å². The van der Waals surface area contributed by atoms with Gasteiger partial charge in [-0.05, 0) is 49.1 Å². The molecule has 2 unspecified atom stereocenters. The van der Waals surface area contributed by atoms with E-state index in [2.05, 4.69) is 10.6 Å². The Bertz CT molecular complexity index is 834. The fraction of sp³-hybridized carbons (Fsp3) is 0.364. The predicted molar refractivity (Wildman–Crippen MR) is 105 cm³/mol. The van der Waals surface area contributed by atoms with Crippen molar-refractivity contribution < 1.29 is 18.7 Å². The van der Waals surface area contributed by atoms with E-state index in [9.17, 15) is 14.0 Å². The molecule has 3 rings (SSSR count). The van der Waals surface area contributed by atoms with Crippen LogP contribution in [0.5, 0.6) is 0 Å². The molecule has 1 saturated heterocycles. The fourth-order valence-electron chi connectivity index (χ4n) is 3.30. The van der Waals surface area contributed by atoms with Gasteiger partial charge in [0.2, 0.25) is 11.8 Å². The third-order valence-electron chi connectivity index (χ3n) is 4.79. The standard InChI is InChI=1S/C22H25FN2O3/c1-15(24-22(27)14-19-9-5-11-28-19)16-7-4-8-18(12-16)25-21(26)13-17-6-2-3-10-20(17)23/h2-4,6-8,10,12,15,19H,5,9,11,13-14H2,1H3,(H,24,27)(H,25,26). The van der Waals surface area contributed by atoms with Gasteiger partial charge in [0.15, 0.2) is 0 Å². The van der Waals surface area contributed by atoms with Crippen LogP contribution in [0.3, 0.4) is 0 Å². The number of hydrogen-bond donors (Lipinski definition) is 2. The van der Waals surface area contributed by atoms with Gasteiger partial charge in [0.25, 0.3) is 0 Å². The molecule has 1 aliphatic heterocycles. The van der Waals surface area contributed by atoms with Crippen molar-refractivity contribution in [3.63, 3.8) is 0 Å². The molecule has 0 aromatic heterocycles. The van der Waals surface area contributed by atoms with Crippen molar-refractivity contribution in [2.24, 2.45) is 0 Å². The number of ether oxygens (including phenoxy) is 1. The monoisotopic (exact) mass is 384 g/mol. The zero-order valence-electron chi connectivity index (χ0n) is 15.9. The van der Waals surface area contributed by atoms with Crippen molar-refractivity contribution in [2.75, 3.05) is 11.9 Å². The summed E-state index contributed by atoms with van der Waals surface area (Å²) in [5.41, 5.74) is 1.84. The maximum absolute atomic E-state index is 13.7. The van der Waals surface area contributed by atoms with Gasteiger partial charge in [-0.1, -0.05) is 30.3 Å². The quantitative estimate of drug-likeness (QED) is 0.764. The van der Waals surface area contributed by atoms with Gasteiger partial charge in [-0.25, -0.2) is 4.39 Å². The molecule has 2 atom stereocenters. The lowest BCUT2D eigenvalue weighted by atomic mass is 10.1. The van der Waals surface area contributed by atoms with E-state index in [1.165, 1.54) is 6.07 Å². The van der Waals surface area contributed by atoms with Crippen LogP contribution < -0.4 is 10.6 Å². The van der Waals surface area contributed by atoms with Crippen LogP contribution in [0.1, 0.15) is 43.4 Å². The number of rotatable bonds is 7. The van der Waals surface area contributed by atoms with Crippen molar-refractivity contribution in [3.05, 3.63) is 65.5 Å². The van der Waals surface area contributed by atoms with E-state index in [1.807, 2.05) is 25.1 Å². The van der Waals surface area contributed by atoms with Gasteiger partial charge in [0, 0.05) is 12.3 Å². The lowest BCUT2D eigenvalue weighted by molar-refractivity contribution is -0.124. The van der Waals surface area contributed by atoms with Gasteiger partial charge < -0.3 is 15.4 Å². The zero-order chi connectivity index (χ0) is 19.9. The Kier molecular flexibility index (Phi) is 6.76. The van der Waals surface area contributed by atoms with Crippen molar-refractivity contribution in [1.29, 1.82) is 0 Å². The summed E-state index contributed by atoms with van der Waals surface area (Å²) in [5.74, 6) is -0.736. The lowest BCUT2D eigenvalue weighted by Gasteiger charge is -2.17. The summed E-state index contributed by atoms with van der Waals surface area (Å²) in [6.07, 6.45) is 2.26. The van der Waals surface area contributed by atoms with Gasteiger partial charge in [0.05, 0.1) is 25.0 Å². The number of carbonyl (C=O) groups is 2. The van der Waals surface area contributed by atoms with Crippen LogP contribution >= 0.6 is 0 Å². The number of benzene rings is 2. The molecule has 0 spiro atoms. The summed E-state index contributed by atoms with van der Waals surface area (Å²) in [6.45, 7) is 2.62. The van der Waals surface area contributed by atoms with Crippen molar-refractivity contribution in [3.8, 4) is 0 Å². The average molecular weight is 384 g/mol. The third kappa shape index (κ3) is 5.63. The normalized spacial score (nSPS) is 17.1. The molecule has 0 saturated carbocycles. The Morgan fingerprint density at radius 2 is 2.00 bits per heavy atom. The molecule has 1 aliphatic rings. The van der Waals surface area contributed by atoms with Crippen molar-refractivity contribution in [2.45, 2.75) is 44.8 Å². The molecule has 6 heteroatoms. The average Bonchev–Trinajstić information content (AvgIpc) is 3.16. The summed E-state index contributed by atoms with van der Waals surface area (Å²) < 4.78 is 19.2. The van der Waals surface area contributed by atoms with E-state index in [-0.39, 0.29) is 30.4 Å². The van der Waals surface area contributed by atoms with Crippen LogP contribution in [0.15, 0.2) is 48.5 Å². The molecular weight excluding hydrogens is 359 g/mol.